The van der Waals surface area contributed by atoms with Crippen LogP contribution >= 0.6 is 0 Å². The number of nitrogens with one attached hydrogen (secondary N) is 1. The Bertz CT molecular complexity index is 174. The van der Waals surface area contributed by atoms with Gasteiger partial charge in [0.25, 0.3) is 0 Å². The first kappa shape index (κ1) is 15.1. The van der Waals surface area contributed by atoms with Crippen molar-refractivity contribution in [2.75, 3.05) is 19.6 Å². The van der Waals surface area contributed by atoms with E-state index in [9.17, 15) is 0 Å². The maximum Gasteiger partial charge on any atom is 0.119 e. The second-order valence-corrected chi connectivity index (χ2v) is 10.4. The summed E-state index contributed by atoms with van der Waals surface area (Å²) in [5, 5.41) is 0. The molecular formula is C12H30N2Si. The van der Waals surface area contributed by atoms with E-state index < -0.39 is 8.24 Å². The average molecular weight is 230 g/mol. The molecule has 0 aromatic heterocycles. The first-order valence-electron chi connectivity index (χ1n) is 6.28. The van der Waals surface area contributed by atoms with E-state index in [-0.39, 0.29) is 5.54 Å². The third-order valence-electron chi connectivity index (χ3n) is 3.07. The molecule has 0 heterocycles. The van der Waals surface area contributed by atoms with Gasteiger partial charge in [0.2, 0.25) is 0 Å². The Labute approximate surface area is 97.5 Å². The van der Waals surface area contributed by atoms with Crippen molar-refractivity contribution in [1.29, 1.82) is 0 Å². The molecule has 92 valence electrons. The Hall–Kier alpha value is 0.137. The summed E-state index contributed by atoms with van der Waals surface area (Å²) in [4.78, 5) is 6.37. The lowest BCUT2D eigenvalue weighted by molar-refractivity contribution is 0.234. The third kappa shape index (κ3) is 6.33. The quantitative estimate of drug-likeness (QED) is 0.677. The van der Waals surface area contributed by atoms with Crippen molar-refractivity contribution in [3.63, 3.8) is 0 Å². The van der Waals surface area contributed by atoms with Gasteiger partial charge in [-0.1, -0.05) is 33.9 Å². The number of rotatable bonds is 7. The molecule has 3 heteroatoms. The van der Waals surface area contributed by atoms with Crippen LogP contribution in [0.25, 0.3) is 0 Å². The van der Waals surface area contributed by atoms with E-state index in [1.54, 1.807) is 0 Å². The summed E-state index contributed by atoms with van der Waals surface area (Å²) in [5.74, 6) is 0. The zero-order valence-electron chi connectivity index (χ0n) is 11.8. The second-order valence-electron chi connectivity index (χ2n) is 5.71. The molecule has 0 aliphatic heterocycles. The van der Waals surface area contributed by atoms with Crippen LogP contribution in [0.1, 0.15) is 34.6 Å². The molecule has 0 bridgehead atoms. The molecule has 0 spiro atoms. The van der Waals surface area contributed by atoms with Crippen molar-refractivity contribution in [2.24, 2.45) is 0 Å². The van der Waals surface area contributed by atoms with Crippen molar-refractivity contribution in [3.8, 4) is 0 Å². The van der Waals surface area contributed by atoms with E-state index in [2.05, 4.69) is 57.6 Å². The van der Waals surface area contributed by atoms with Gasteiger partial charge in [-0.2, -0.15) is 0 Å². The molecule has 0 fully saturated rings. The Morgan fingerprint density at radius 1 is 1.07 bits per heavy atom. The van der Waals surface area contributed by atoms with Gasteiger partial charge in [0.1, 0.15) is 8.24 Å². The molecule has 0 atom stereocenters. The van der Waals surface area contributed by atoms with Crippen LogP contribution < -0.4 is 4.98 Å². The van der Waals surface area contributed by atoms with Gasteiger partial charge >= 0.3 is 0 Å². The summed E-state index contributed by atoms with van der Waals surface area (Å²) >= 11 is 0. The molecule has 0 radical (unpaired) electrons. The molecule has 0 aliphatic rings. The van der Waals surface area contributed by atoms with Gasteiger partial charge < -0.3 is 9.88 Å². The van der Waals surface area contributed by atoms with Gasteiger partial charge in [0.15, 0.2) is 0 Å². The van der Waals surface area contributed by atoms with Crippen LogP contribution in [0.3, 0.4) is 0 Å². The Morgan fingerprint density at radius 3 is 1.87 bits per heavy atom. The Kier molecular flexibility index (Phi) is 6.07. The largest absolute Gasteiger partial charge is 0.331 e. The zero-order chi connectivity index (χ0) is 12.1. The van der Waals surface area contributed by atoms with Gasteiger partial charge in [-0.05, 0) is 33.0 Å². The molecule has 0 unspecified atom stereocenters. The smallest absolute Gasteiger partial charge is 0.119 e. The van der Waals surface area contributed by atoms with E-state index in [4.69, 9.17) is 0 Å². The normalized spacial score (nSPS) is 13.6. The van der Waals surface area contributed by atoms with Crippen molar-refractivity contribution >= 4 is 8.24 Å². The number of hydrogen-bond acceptors (Lipinski definition) is 2. The van der Waals surface area contributed by atoms with E-state index in [1.165, 1.54) is 6.04 Å². The zero-order valence-corrected chi connectivity index (χ0v) is 12.8. The second kappa shape index (κ2) is 6.02. The van der Waals surface area contributed by atoms with Crippen molar-refractivity contribution in [3.05, 3.63) is 0 Å². The summed E-state index contributed by atoms with van der Waals surface area (Å²) in [6, 6.07) is 1.30. The van der Waals surface area contributed by atoms with Gasteiger partial charge in [-0.15, -0.1) is 0 Å². The van der Waals surface area contributed by atoms with Gasteiger partial charge in [0, 0.05) is 12.1 Å². The SMILES string of the molecule is CCN(CC)CC(C)(C)N[Si](C)(C)CC. The summed E-state index contributed by atoms with van der Waals surface area (Å²) < 4.78 is 0. The van der Waals surface area contributed by atoms with Crippen LogP contribution in [-0.4, -0.2) is 38.3 Å². The van der Waals surface area contributed by atoms with Crippen LogP contribution in [0.5, 0.6) is 0 Å². The predicted octanol–water partition coefficient (Wildman–Crippen LogP) is 2.92. The van der Waals surface area contributed by atoms with Crippen LogP contribution in [0, 0.1) is 0 Å². The van der Waals surface area contributed by atoms with Crippen molar-refractivity contribution in [2.45, 2.75) is 59.3 Å². The molecule has 0 aliphatic carbocycles. The van der Waals surface area contributed by atoms with Crippen LogP contribution in [0.2, 0.25) is 19.1 Å². The molecule has 0 aromatic carbocycles. The summed E-state index contributed by atoms with van der Waals surface area (Å²) in [6.45, 7) is 19.7. The maximum absolute atomic E-state index is 3.88. The van der Waals surface area contributed by atoms with E-state index in [0.717, 1.165) is 19.6 Å². The molecule has 0 aromatic rings. The molecule has 0 saturated carbocycles. The lowest BCUT2D eigenvalue weighted by Crippen LogP contribution is -2.59. The van der Waals surface area contributed by atoms with Crippen molar-refractivity contribution < 1.29 is 0 Å². The monoisotopic (exact) mass is 230 g/mol. The van der Waals surface area contributed by atoms with Crippen LogP contribution in [0.15, 0.2) is 0 Å². The minimum atomic E-state index is -1.18. The lowest BCUT2D eigenvalue weighted by atomic mass is 10.1. The fourth-order valence-electron chi connectivity index (χ4n) is 2.05. The first-order valence-corrected chi connectivity index (χ1v) is 9.48. The third-order valence-corrected chi connectivity index (χ3v) is 6.20. The molecule has 0 rings (SSSR count). The molecular weight excluding hydrogens is 200 g/mol. The number of likely N-dealkylation sites (N-methyl/N-ethyl adjacent to an activating group) is 1. The Morgan fingerprint density at radius 2 is 1.53 bits per heavy atom. The fraction of sp³-hybridized carbons (Fsp3) is 1.00. The highest BCUT2D eigenvalue weighted by atomic mass is 28.3. The lowest BCUT2D eigenvalue weighted by Gasteiger charge is -2.38. The first-order chi connectivity index (χ1) is 6.76. The van der Waals surface area contributed by atoms with Gasteiger partial charge in [0.05, 0.1) is 0 Å². The maximum atomic E-state index is 3.88. The minimum absolute atomic E-state index is 0.248. The molecule has 0 saturated heterocycles. The van der Waals surface area contributed by atoms with Crippen LogP contribution in [-0.2, 0) is 0 Å². The molecule has 15 heavy (non-hydrogen) atoms. The highest BCUT2D eigenvalue weighted by Crippen LogP contribution is 2.13. The Balaban J connectivity index is 4.28. The predicted molar refractivity (Wildman–Crippen MR) is 73.0 cm³/mol. The molecule has 0 amide bonds. The minimum Gasteiger partial charge on any atom is -0.331 e. The number of hydrogen-bond donors (Lipinski definition) is 1. The van der Waals surface area contributed by atoms with Gasteiger partial charge in [-0.3, -0.25) is 0 Å². The number of nitrogens with zero attached hydrogens (tertiary/aromatic N) is 1. The van der Waals surface area contributed by atoms with Crippen LogP contribution in [0.4, 0.5) is 0 Å². The van der Waals surface area contributed by atoms with Crippen molar-refractivity contribution in [1.82, 2.24) is 9.88 Å². The van der Waals surface area contributed by atoms with Gasteiger partial charge in [-0.25, -0.2) is 0 Å². The van der Waals surface area contributed by atoms with E-state index >= 15 is 0 Å². The standard InChI is InChI=1S/C12H30N2Si/c1-8-14(9-2)11-12(4,5)13-15(6,7)10-3/h13H,8-11H2,1-7H3. The summed E-state index contributed by atoms with van der Waals surface area (Å²) in [7, 11) is -1.18. The topological polar surface area (TPSA) is 15.3 Å². The van der Waals surface area contributed by atoms with E-state index in [0.29, 0.717) is 0 Å². The highest BCUT2D eigenvalue weighted by Gasteiger charge is 2.28. The average Bonchev–Trinajstić information content (AvgIpc) is 2.12. The summed E-state index contributed by atoms with van der Waals surface area (Å²) in [5.41, 5.74) is 0.248. The molecule has 2 nitrogen and oxygen atoms in total. The molecule has 1 N–H and O–H groups in total. The fourth-order valence-corrected chi connectivity index (χ4v) is 4.14. The summed E-state index contributed by atoms with van der Waals surface area (Å²) in [6.07, 6.45) is 0. The van der Waals surface area contributed by atoms with E-state index in [1.807, 2.05) is 0 Å². The highest BCUT2D eigenvalue weighted by molar-refractivity contribution is 6.75.